The van der Waals surface area contributed by atoms with Gasteiger partial charge in [0.2, 0.25) is 0 Å². The number of nitrogen functional groups attached to an aromatic ring is 1. The number of hydrogen-bond donors (Lipinski definition) is 2. The van der Waals surface area contributed by atoms with E-state index in [4.69, 9.17) is 5.73 Å². The van der Waals surface area contributed by atoms with Gasteiger partial charge in [0.25, 0.3) is 0 Å². The molecule has 4 rings (SSSR count). The molecule has 1 unspecified atom stereocenters. The van der Waals surface area contributed by atoms with Gasteiger partial charge in [0.15, 0.2) is 0 Å². The molecule has 4 heterocycles. The normalized spacial score (nSPS) is 15.9. The van der Waals surface area contributed by atoms with E-state index in [0.717, 1.165) is 43.1 Å². The van der Waals surface area contributed by atoms with E-state index in [2.05, 4.69) is 20.1 Å². The average molecular weight is 339 g/mol. The fraction of sp³-hybridized carbons (Fsp3) is 0.353. The van der Waals surface area contributed by atoms with E-state index in [9.17, 15) is 5.11 Å². The number of aliphatic hydroxyl groups excluding tert-OH is 1. The summed E-state index contributed by atoms with van der Waals surface area (Å²) in [7, 11) is 1.81. The van der Waals surface area contributed by atoms with Crippen LogP contribution in [0.25, 0.3) is 0 Å². The highest BCUT2D eigenvalue weighted by atomic mass is 16.3. The van der Waals surface area contributed by atoms with Gasteiger partial charge in [-0.15, -0.1) is 0 Å². The smallest absolute Gasteiger partial charge is 0.139 e. The summed E-state index contributed by atoms with van der Waals surface area (Å²) in [5.41, 5.74) is 9.45. The van der Waals surface area contributed by atoms with Crippen LogP contribution in [0.3, 0.4) is 0 Å². The first-order chi connectivity index (χ1) is 12.1. The molecule has 3 aromatic rings. The number of nitrogens with two attached hydrogens (primary N) is 1. The predicted octanol–water partition coefficient (Wildman–Crippen LogP) is 0.691. The van der Waals surface area contributed by atoms with Gasteiger partial charge in [0, 0.05) is 44.6 Å². The first-order valence-corrected chi connectivity index (χ1v) is 8.26. The molecule has 1 aliphatic rings. The Balaban J connectivity index is 1.51. The zero-order valence-corrected chi connectivity index (χ0v) is 14.1. The van der Waals surface area contributed by atoms with Gasteiger partial charge >= 0.3 is 0 Å². The van der Waals surface area contributed by atoms with E-state index in [1.54, 1.807) is 23.1 Å². The van der Waals surface area contributed by atoms with E-state index >= 15 is 0 Å². The van der Waals surface area contributed by atoms with Crippen LogP contribution < -0.4 is 5.73 Å². The van der Waals surface area contributed by atoms with Crippen molar-refractivity contribution in [1.82, 2.24) is 29.4 Å². The lowest BCUT2D eigenvalue weighted by molar-refractivity contribution is 0.196. The minimum atomic E-state index is -0.770. The maximum Gasteiger partial charge on any atom is 0.139 e. The van der Waals surface area contributed by atoms with Crippen LogP contribution in [-0.2, 0) is 26.7 Å². The van der Waals surface area contributed by atoms with Crippen molar-refractivity contribution in [3.05, 3.63) is 59.3 Å². The van der Waals surface area contributed by atoms with Gasteiger partial charge in [0.05, 0.1) is 23.6 Å². The first kappa shape index (κ1) is 15.8. The number of fused-ring (bicyclic) bond motifs is 1. The molecule has 1 aliphatic heterocycles. The molecule has 0 radical (unpaired) electrons. The summed E-state index contributed by atoms with van der Waals surface area (Å²) >= 11 is 0. The van der Waals surface area contributed by atoms with Crippen molar-refractivity contribution in [1.29, 1.82) is 0 Å². The molecule has 130 valence electrons. The Morgan fingerprint density at radius 2 is 2.16 bits per heavy atom. The summed E-state index contributed by atoms with van der Waals surface area (Å²) in [4.78, 5) is 6.46. The molecule has 0 bridgehead atoms. The van der Waals surface area contributed by atoms with Gasteiger partial charge in [0.1, 0.15) is 11.9 Å². The third kappa shape index (κ3) is 3.01. The molecule has 0 aliphatic carbocycles. The molecule has 8 heteroatoms. The third-order valence-corrected chi connectivity index (χ3v) is 4.64. The van der Waals surface area contributed by atoms with Crippen molar-refractivity contribution in [2.45, 2.75) is 25.7 Å². The Kier molecular flexibility index (Phi) is 3.98. The Hall–Kier alpha value is -2.71. The van der Waals surface area contributed by atoms with E-state index in [1.807, 2.05) is 29.9 Å². The average Bonchev–Trinajstić information content (AvgIpc) is 3.22. The second-order valence-electron chi connectivity index (χ2n) is 6.32. The molecule has 8 nitrogen and oxygen atoms in total. The number of anilines is 1. The number of aromatic nitrogens is 5. The highest BCUT2D eigenvalue weighted by molar-refractivity contribution is 5.38. The van der Waals surface area contributed by atoms with Gasteiger partial charge in [-0.25, -0.2) is 4.98 Å². The fourth-order valence-corrected chi connectivity index (χ4v) is 3.24. The lowest BCUT2D eigenvalue weighted by atomic mass is 10.1. The van der Waals surface area contributed by atoms with Crippen molar-refractivity contribution < 1.29 is 5.11 Å². The standard InChI is InChI=1S/C17H21N7O/c1-22-15(4-6-20-22)16(25)14-9-13-11-23(7-8-24(13)21-14)10-12-3-2-5-19-17(12)18/h2-6,9,16,25H,7-8,10-11H2,1H3,(H2,18,19). The van der Waals surface area contributed by atoms with Gasteiger partial charge in [-0.05, 0) is 18.2 Å². The zero-order valence-electron chi connectivity index (χ0n) is 14.1. The Morgan fingerprint density at radius 1 is 1.28 bits per heavy atom. The lowest BCUT2D eigenvalue weighted by Crippen LogP contribution is -2.33. The number of aryl methyl sites for hydroxylation is 1. The van der Waals surface area contributed by atoms with Crippen LogP contribution in [0.2, 0.25) is 0 Å². The number of aliphatic hydroxyl groups is 1. The first-order valence-electron chi connectivity index (χ1n) is 8.26. The number of nitrogens with zero attached hydrogens (tertiary/aromatic N) is 6. The maximum absolute atomic E-state index is 10.6. The van der Waals surface area contributed by atoms with E-state index in [0.29, 0.717) is 11.5 Å². The largest absolute Gasteiger partial charge is 0.383 e. The van der Waals surface area contributed by atoms with Crippen LogP contribution in [0.5, 0.6) is 0 Å². The molecule has 0 saturated carbocycles. The van der Waals surface area contributed by atoms with Crippen LogP contribution in [0, 0.1) is 0 Å². The van der Waals surface area contributed by atoms with Crippen molar-refractivity contribution in [2.24, 2.45) is 7.05 Å². The summed E-state index contributed by atoms with van der Waals surface area (Å²) in [5, 5.41) is 19.3. The molecule has 25 heavy (non-hydrogen) atoms. The topological polar surface area (TPSA) is 98.0 Å². The van der Waals surface area contributed by atoms with Gasteiger partial charge in [-0.3, -0.25) is 14.3 Å². The molecule has 0 aromatic carbocycles. The summed E-state index contributed by atoms with van der Waals surface area (Å²) in [6.07, 6.45) is 2.61. The second kappa shape index (κ2) is 6.30. The number of pyridine rings is 1. The number of rotatable bonds is 4. The molecule has 0 saturated heterocycles. The molecule has 0 fully saturated rings. The molecule has 3 N–H and O–H groups in total. The Morgan fingerprint density at radius 3 is 2.92 bits per heavy atom. The highest BCUT2D eigenvalue weighted by Gasteiger charge is 2.23. The van der Waals surface area contributed by atoms with Crippen LogP contribution in [0.1, 0.15) is 28.7 Å². The summed E-state index contributed by atoms with van der Waals surface area (Å²) in [6.45, 7) is 3.18. The molecule has 0 spiro atoms. The summed E-state index contributed by atoms with van der Waals surface area (Å²) in [6, 6.07) is 7.69. The van der Waals surface area contributed by atoms with Crippen molar-refractivity contribution >= 4 is 5.82 Å². The molecule has 1 atom stereocenters. The Bertz CT molecular complexity index is 885. The maximum atomic E-state index is 10.6. The lowest BCUT2D eigenvalue weighted by Gasteiger charge is -2.27. The summed E-state index contributed by atoms with van der Waals surface area (Å²) in [5.74, 6) is 0.578. The highest BCUT2D eigenvalue weighted by Crippen LogP contribution is 2.24. The van der Waals surface area contributed by atoms with E-state index in [-0.39, 0.29) is 0 Å². The molecular weight excluding hydrogens is 318 g/mol. The van der Waals surface area contributed by atoms with Crippen molar-refractivity contribution in [3.8, 4) is 0 Å². The van der Waals surface area contributed by atoms with Gasteiger partial charge in [-0.1, -0.05) is 6.07 Å². The predicted molar refractivity (Wildman–Crippen MR) is 92.3 cm³/mol. The monoisotopic (exact) mass is 339 g/mol. The molecular formula is C17H21N7O. The van der Waals surface area contributed by atoms with Crippen LogP contribution >= 0.6 is 0 Å². The van der Waals surface area contributed by atoms with Gasteiger partial charge < -0.3 is 10.8 Å². The van der Waals surface area contributed by atoms with Gasteiger partial charge in [-0.2, -0.15) is 10.2 Å². The quantitative estimate of drug-likeness (QED) is 0.726. The van der Waals surface area contributed by atoms with E-state index < -0.39 is 6.10 Å². The van der Waals surface area contributed by atoms with Crippen LogP contribution in [-0.4, -0.2) is 41.1 Å². The SMILES string of the molecule is Cn1nccc1C(O)c1cc2n(n1)CCN(Cc1cccnc1N)C2. The second-order valence-corrected chi connectivity index (χ2v) is 6.32. The fourth-order valence-electron chi connectivity index (χ4n) is 3.24. The summed E-state index contributed by atoms with van der Waals surface area (Å²) < 4.78 is 3.64. The molecule has 3 aromatic heterocycles. The van der Waals surface area contributed by atoms with Crippen molar-refractivity contribution in [2.75, 3.05) is 12.3 Å². The minimum absolute atomic E-state index is 0.578. The zero-order chi connectivity index (χ0) is 17.4. The molecule has 0 amide bonds. The van der Waals surface area contributed by atoms with Crippen molar-refractivity contribution in [3.63, 3.8) is 0 Å². The number of hydrogen-bond acceptors (Lipinski definition) is 6. The third-order valence-electron chi connectivity index (χ3n) is 4.64. The minimum Gasteiger partial charge on any atom is -0.383 e. The van der Waals surface area contributed by atoms with E-state index in [1.165, 1.54) is 0 Å². The Labute approximate surface area is 145 Å². The van der Waals surface area contributed by atoms with Crippen LogP contribution in [0.4, 0.5) is 5.82 Å². The van der Waals surface area contributed by atoms with Crippen LogP contribution in [0.15, 0.2) is 36.7 Å².